The maximum Gasteiger partial charge on any atom is 0.326 e. The molecule has 5 atom stereocenters. The van der Waals surface area contributed by atoms with Gasteiger partial charge < -0.3 is 42.1 Å². The van der Waals surface area contributed by atoms with Crippen LogP contribution in [0.1, 0.15) is 44.6 Å². The second-order valence-corrected chi connectivity index (χ2v) is 10.2. The first-order chi connectivity index (χ1) is 18.9. The second kappa shape index (κ2) is 13.2. The molecule has 1 aromatic carbocycles. The number of hydrogen-bond donors (Lipinski definition) is 6. The molecule has 0 saturated carbocycles. The third kappa shape index (κ3) is 7.46. The summed E-state index contributed by atoms with van der Waals surface area (Å²) >= 11 is 0. The van der Waals surface area contributed by atoms with Crippen LogP contribution >= 0.6 is 0 Å². The minimum absolute atomic E-state index is 0.0531. The Morgan fingerprint density at radius 2 is 1.52 bits per heavy atom. The lowest BCUT2D eigenvalue weighted by Gasteiger charge is -2.30. The number of nitrogens with zero attached hydrogens (tertiary/aromatic N) is 2. The summed E-state index contributed by atoms with van der Waals surface area (Å²) in [6.07, 6.45) is 1.22. The van der Waals surface area contributed by atoms with Crippen molar-refractivity contribution in [2.24, 2.45) is 11.5 Å². The first-order valence-electron chi connectivity index (χ1n) is 13.1. The van der Waals surface area contributed by atoms with E-state index in [1.807, 2.05) is 0 Å². The normalized spacial score (nSPS) is 20.9. The van der Waals surface area contributed by atoms with Crippen LogP contribution in [0.4, 0.5) is 0 Å². The van der Waals surface area contributed by atoms with Crippen LogP contribution in [-0.2, 0) is 35.2 Å². The third-order valence-electron chi connectivity index (χ3n) is 7.14. The number of carbonyl (C=O) groups excluding carboxylic acids is 5. The topological polar surface area (TPSA) is 225 Å². The van der Waals surface area contributed by atoms with E-state index in [1.165, 1.54) is 28.9 Å². The Balaban J connectivity index is 1.65. The molecule has 218 valence electrons. The number of aliphatic carboxylic acids is 1. The van der Waals surface area contributed by atoms with Crippen molar-refractivity contribution in [2.45, 2.75) is 75.7 Å². The minimum atomic E-state index is -1.36. The Bertz CT molecular complexity index is 1140. The summed E-state index contributed by atoms with van der Waals surface area (Å²) in [5.41, 5.74) is 12.0. The first-order valence-corrected chi connectivity index (χ1v) is 13.1. The van der Waals surface area contributed by atoms with Crippen LogP contribution in [0, 0.1) is 0 Å². The summed E-state index contributed by atoms with van der Waals surface area (Å²) in [6.45, 7) is 1.90. The molecule has 0 radical (unpaired) electrons. The smallest absolute Gasteiger partial charge is 0.326 e. The van der Waals surface area contributed by atoms with Gasteiger partial charge >= 0.3 is 5.97 Å². The largest absolute Gasteiger partial charge is 0.508 e. The molecule has 2 fully saturated rings. The van der Waals surface area contributed by atoms with Gasteiger partial charge in [-0.3, -0.25) is 24.0 Å². The molecule has 14 nitrogen and oxygen atoms in total. The molecule has 2 heterocycles. The van der Waals surface area contributed by atoms with Crippen molar-refractivity contribution in [3.63, 3.8) is 0 Å². The number of phenolic OH excluding ortho intramolecular Hbond substituents is 1. The highest BCUT2D eigenvalue weighted by atomic mass is 16.4. The van der Waals surface area contributed by atoms with Crippen LogP contribution in [0.25, 0.3) is 0 Å². The number of hydrogen-bond acceptors (Lipinski definition) is 8. The number of carbonyl (C=O) groups is 6. The quantitative estimate of drug-likeness (QED) is 0.179. The predicted octanol–water partition coefficient (Wildman–Crippen LogP) is -1.81. The fourth-order valence-electron chi connectivity index (χ4n) is 5.07. The number of rotatable bonds is 11. The van der Waals surface area contributed by atoms with Crippen molar-refractivity contribution < 1.29 is 39.0 Å². The first kappa shape index (κ1) is 30.3. The Kier molecular flexibility index (Phi) is 10.0. The van der Waals surface area contributed by atoms with Crippen molar-refractivity contribution in [2.75, 3.05) is 13.1 Å². The molecule has 5 amide bonds. The number of aromatic hydroxyl groups is 1. The van der Waals surface area contributed by atoms with Gasteiger partial charge in [0, 0.05) is 13.1 Å². The van der Waals surface area contributed by atoms with E-state index >= 15 is 0 Å². The van der Waals surface area contributed by atoms with Crippen LogP contribution in [-0.4, -0.2) is 98.8 Å². The number of likely N-dealkylation sites (tertiary alicyclic amines) is 2. The van der Waals surface area contributed by atoms with E-state index in [4.69, 9.17) is 11.5 Å². The van der Waals surface area contributed by atoms with Gasteiger partial charge in [0.05, 0.1) is 12.5 Å². The number of primary amides is 1. The van der Waals surface area contributed by atoms with Gasteiger partial charge in [-0.05, 0) is 56.7 Å². The van der Waals surface area contributed by atoms with Gasteiger partial charge in [0.1, 0.15) is 29.9 Å². The Morgan fingerprint density at radius 3 is 2.10 bits per heavy atom. The number of phenols is 1. The molecule has 0 unspecified atom stereocenters. The molecule has 0 aliphatic carbocycles. The molecule has 0 aromatic heterocycles. The molecule has 8 N–H and O–H groups in total. The maximum absolute atomic E-state index is 13.4. The number of benzene rings is 1. The van der Waals surface area contributed by atoms with Crippen molar-refractivity contribution in [3.05, 3.63) is 29.8 Å². The number of nitrogens with two attached hydrogens (primary N) is 2. The third-order valence-corrected chi connectivity index (χ3v) is 7.14. The lowest BCUT2D eigenvalue weighted by Crippen LogP contribution is -2.58. The zero-order valence-corrected chi connectivity index (χ0v) is 22.2. The fourth-order valence-corrected chi connectivity index (χ4v) is 5.07. The number of amides is 5. The molecular weight excluding hydrogens is 524 g/mol. The highest BCUT2D eigenvalue weighted by Gasteiger charge is 2.41. The van der Waals surface area contributed by atoms with Gasteiger partial charge in [0.2, 0.25) is 29.5 Å². The molecule has 3 rings (SSSR count). The van der Waals surface area contributed by atoms with E-state index in [2.05, 4.69) is 10.6 Å². The lowest BCUT2D eigenvalue weighted by molar-refractivity contribution is -0.149. The fraction of sp³-hybridized carbons (Fsp3) is 0.538. The van der Waals surface area contributed by atoms with Gasteiger partial charge in [-0.25, -0.2) is 4.79 Å². The maximum atomic E-state index is 13.4. The Hall–Kier alpha value is -4.20. The van der Waals surface area contributed by atoms with Crippen molar-refractivity contribution in [1.82, 2.24) is 20.4 Å². The SMILES string of the molecule is C[C@H](NC(=O)[C@@H]1CCCN1C(=O)[C@H](CC(N)=O)NC(=O)[C@@H](N)Cc1ccc(O)cc1)C(=O)N1CCC[C@H]1C(=O)O. The second-order valence-electron chi connectivity index (χ2n) is 10.2. The number of carboxylic acid groups (broad SMARTS) is 1. The van der Waals surface area contributed by atoms with Crippen molar-refractivity contribution in [3.8, 4) is 5.75 Å². The van der Waals surface area contributed by atoms with Gasteiger partial charge in [-0.2, -0.15) is 0 Å². The van der Waals surface area contributed by atoms with E-state index in [-0.39, 0.29) is 31.7 Å². The standard InChI is InChI=1S/C26H36N6O8/c1-14(24(37)32-11-3-5-20(32)26(39)40)29-23(36)19-4-2-10-31(19)25(38)18(13-21(28)34)30-22(35)17(27)12-15-6-8-16(33)9-7-15/h6-9,14,17-20,33H,2-5,10-13,27H2,1H3,(H2,28,34)(H,29,36)(H,30,35)(H,39,40)/t14-,17-,18-,19-,20-/m0/s1. The van der Waals surface area contributed by atoms with Gasteiger partial charge in [0.25, 0.3) is 0 Å². The Labute approximate surface area is 231 Å². The average molecular weight is 561 g/mol. The number of carboxylic acids is 1. The molecule has 14 heteroatoms. The molecule has 0 bridgehead atoms. The van der Waals surface area contributed by atoms with Crippen LogP contribution in [0.5, 0.6) is 5.75 Å². The summed E-state index contributed by atoms with van der Waals surface area (Å²) in [4.78, 5) is 77.8. The van der Waals surface area contributed by atoms with Gasteiger partial charge in [0.15, 0.2) is 0 Å². The van der Waals surface area contributed by atoms with Crippen LogP contribution in [0.3, 0.4) is 0 Å². The molecule has 2 saturated heterocycles. The summed E-state index contributed by atoms with van der Waals surface area (Å²) in [5, 5.41) is 23.8. The van der Waals surface area contributed by atoms with Gasteiger partial charge in [-0.1, -0.05) is 12.1 Å². The molecule has 2 aliphatic heterocycles. The van der Waals surface area contributed by atoms with Crippen LogP contribution in [0.15, 0.2) is 24.3 Å². The average Bonchev–Trinajstić information content (AvgIpc) is 3.58. The van der Waals surface area contributed by atoms with E-state index in [0.717, 1.165) is 0 Å². The highest BCUT2D eigenvalue weighted by molar-refractivity contribution is 5.97. The van der Waals surface area contributed by atoms with Crippen LogP contribution in [0.2, 0.25) is 0 Å². The molecular formula is C26H36N6O8. The summed E-state index contributed by atoms with van der Waals surface area (Å²) in [5.74, 6) is -4.43. The summed E-state index contributed by atoms with van der Waals surface area (Å²) < 4.78 is 0. The van der Waals surface area contributed by atoms with Crippen molar-refractivity contribution >= 4 is 35.5 Å². The van der Waals surface area contributed by atoms with Gasteiger partial charge in [-0.15, -0.1) is 0 Å². The molecule has 0 spiro atoms. The van der Waals surface area contributed by atoms with E-state index in [0.29, 0.717) is 24.8 Å². The minimum Gasteiger partial charge on any atom is -0.508 e. The molecule has 2 aliphatic rings. The number of nitrogens with one attached hydrogen (secondary N) is 2. The van der Waals surface area contributed by atoms with E-state index in [1.54, 1.807) is 12.1 Å². The Morgan fingerprint density at radius 1 is 0.950 bits per heavy atom. The van der Waals surface area contributed by atoms with Crippen LogP contribution < -0.4 is 22.1 Å². The summed E-state index contributed by atoms with van der Waals surface area (Å²) in [7, 11) is 0. The highest BCUT2D eigenvalue weighted by Crippen LogP contribution is 2.21. The zero-order valence-electron chi connectivity index (χ0n) is 22.2. The van der Waals surface area contributed by atoms with E-state index in [9.17, 15) is 39.0 Å². The lowest BCUT2D eigenvalue weighted by atomic mass is 10.0. The molecule has 1 aromatic rings. The molecule has 40 heavy (non-hydrogen) atoms. The van der Waals surface area contributed by atoms with E-state index < -0.39 is 72.1 Å². The summed E-state index contributed by atoms with van der Waals surface area (Å²) in [6, 6.07) is 0.720. The predicted molar refractivity (Wildman–Crippen MR) is 140 cm³/mol. The monoisotopic (exact) mass is 560 g/mol. The zero-order chi connectivity index (χ0) is 29.6. The van der Waals surface area contributed by atoms with Crippen molar-refractivity contribution in [1.29, 1.82) is 0 Å².